The average molecular weight is 290 g/mol. The zero-order chi connectivity index (χ0) is 13.9. The van der Waals surface area contributed by atoms with Gasteiger partial charge in [-0.15, -0.1) is 0 Å². The van der Waals surface area contributed by atoms with Crippen molar-refractivity contribution in [2.45, 2.75) is 26.3 Å². The van der Waals surface area contributed by atoms with E-state index in [9.17, 15) is 9.90 Å². The SMILES string of the molecule is CCN(CC)C(C)(C(=O)O)c1ccc(Cl)cc1Cl. The molecule has 0 saturated heterocycles. The minimum Gasteiger partial charge on any atom is -0.480 e. The van der Waals surface area contributed by atoms with Crippen LogP contribution < -0.4 is 0 Å². The fourth-order valence-electron chi connectivity index (χ4n) is 2.16. The minimum atomic E-state index is -1.15. The quantitative estimate of drug-likeness (QED) is 0.900. The molecule has 1 N–H and O–H groups in total. The highest BCUT2D eigenvalue weighted by molar-refractivity contribution is 6.35. The molecule has 5 heteroatoms. The summed E-state index contributed by atoms with van der Waals surface area (Å²) in [5.74, 6) is -0.921. The summed E-state index contributed by atoms with van der Waals surface area (Å²) < 4.78 is 0. The Labute approximate surface area is 117 Å². The Morgan fingerprint density at radius 1 is 1.33 bits per heavy atom. The van der Waals surface area contributed by atoms with Crippen molar-refractivity contribution in [1.29, 1.82) is 0 Å². The Hall–Kier alpha value is -0.770. The number of nitrogens with zero attached hydrogens (tertiary/aromatic N) is 1. The van der Waals surface area contributed by atoms with Crippen molar-refractivity contribution in [2.75, 3.05) is 13.1 Å². The third kappa shape index (κ3) is 2.63. The molecule has 3 nitrogen and oxygen atoms in total. The number of hydrogen-bond donors (Lipinski definition) is 1. The van der Waals surface area contributed by atoms with Crippen LogP contribution in [0.1, 0.15) is 26.3 Å². The van der Waals surface area contributed by atoms with Gasteiger partial charge in [-0.25, -0.2) is 4.79 Å². The normalized spacial score (nSPS) is 14.6. The van der Waals surface area contributed by atoms with Crippen molar-refractivity contribution in [3.05, 3.63) is 33.8 Å². The molecule has 0 aliphatic rings. The number of benzene rings is 1. The lowest BCUT2D eigenvalue weighted by Crippen LogP contribution is -2.49. The number of likely N-dealkylation sites (N-methyl/N-ethyl adjacent to an activating group) is 1. The molecule has 0 aliphatic heterocycles. The molecule has 0 amide bonds. The number of carbonyl (C=O) groups is 1. The molecule has 1 rings (SSSR count). The summed E-state index contributed by atoms with van der Waals surface area (Å²) >= 11 is 12.0. The third-order valence-corrected chi connectivity index (χ3v) is 3.82. The minimum absolute atomic E-state index is 0.374. The van der Waals surface area contributed by atoms with Crippen LogP contribution in [0.2, 0.25) is 10.0 Å². The molecule has 0 saturated carbocycles. The van der Waals surface area contributed by atoms with Crippen LogP contribution >= 0.6 is 23.2 Å². The molecule has 0 heterocycles. The largest absolute Gasteiger partial charge is 0.480 e. The lowest BCUT2D eigenvalue weighted by Gasteiger charge is -2.37. The Bertz CT molecular complexity index is 447. The second kappa shape index (κ2) is 5.91. The van der Waals surface area contributed by atoms with Crippen LogP contribution in [0.4, 0.5) is 0 Å². The topological polar surface area (TPSA) is 40.5 Å². The zero-order valence-corrected chi connectivity index (χ0v) is 12.2. The Morgan fingerprint density at radius 2 is 1.89 bits per heavy atom. The first-order chi connectivity index (χ1) is 8.37. The van der Waals surface area contributed by atoms with Gasteiger partial charge in [-0.05, 0) is 32.1 Å². The predicted octanol–water partition coefficient (Wildman–Crippen LogP) is 3.64. The van der Waals surface area contributed by atoms with Crippen molar-refractivity contribution >= 4 is 29.2 Å². The summed E-state index contributed by atoms with van der Waals surface area (Å²) in [4.78, 5) is 13.5. The zero-order valence-electron chi connectivity index (χ0n) is 10.7. The Balaban J connectivity index is 3.40. The van der Waals surface area contributed by atoms with Crippen LogP contribution in [0.5, 0.6) is 0 Å². The fourth-order valence-corrected chi connectivity index (χ4v) is 2.75. The first-order valence-electron chi connectivity index (χ1n) is 5.81. The molecule has 1 aromatic rings. The Morgan fingerprint density at radius 3 is 2.28 bits per heavy atom. The second-order valence-corrected chi connectivity index (χ2v) is 5.02. The summed E-state index contributed by atoms with van der Waals surface area (Å²) in [5, 5.41) is 10.4. The third-order valence-electron chi connectivity index (χ3n) is 3.27. The summed E-state index contributed by atoms with van der Waals surface area (Å²) in [6, 6.07) is 4.91. The van der Waals surface area contributed by atoms with Crippen molar-refractivity contribution in [3.8, 4) is 0 Å². The van der Waals surface area contributed by atoms with E-state index in [1.54, 1.807) is 25.1 Å². The number of halogens is 2. The molecule has 1 aromatic carbocycles. The van der Waals surface area contributed by atoms with Crippen LogP contribution in [0.3, 0.4) is 0 Å². The number of carboxylic acid groups (broad SMARTS) is 1. The van der Waals surface area contributed by atoms with Gasteiger partial charge in [-0.2, -0.15) is 0 Å². The van der Waals surface area contributed by atoms with Gasteiger partial charge in [0.05, 0.1) is 0 Å². The first-order valence-corrected chi connectivity index (χ1v) is 6.57. The summed E-state index contributed by atoms with van der Waals surface area (Å²) in [6.45, 7) is 6.76. The van der Waals surface area contributed by atoms with Gasteiger partial charge in [0.15, 0.2) is 0 Å². The van der Waals surface area contributed by atoms with E-state index >= 15 is 0 Å². The first kappa shape index (κ1) is 15.3. The number of carboxylic acids is 1. The molecule has 1 atom stereocenters. The van der Waals surface area contributed by atoms with E-state index in [1.807, 2.05) is 18.7 Å². The van der Waals surface area contributed by atoms with Gasteiger partial charge < -0.3 is 5.11 Å². The maximum Gasteiger partial charge on any atom is 0.328 e. The van der Waals surface area contributed by atoms with Crippen LogP contribution in [0, 0.1) is 0 Å². The van der Waals surface area contributed by atoms with Gasteiger partial charge in [0.1, 0.15) is 5.54 Å². The molecule has 1 unspecified atom stereocenters. The summed E-state index contributed by atoms with van der Waals surface area (Å²) in [5.41, 5.74) is -0.588. The van der Waals surface area contributed by atoms with Crippen LogP contribution in [0.15, 0.2) is 18.2 Å². The smallest absolute Gasteiger partial charge is 0.328 e. The van der Waals surface area contributed by atoms with Gasteiger partial charge >= 0.3 is 5.97 Å². The number of hydrogen-bond acceptors (Lipinski definition) is 2. The van der Waals surface area contributed by atoms with Crippen LogP contribution in [0.25, 0.3) is 0 Å². The molecule has 0 aliphatic carbocycles. The van der Waals surface area contributed by atoms with E-state index in [-0.39, 0.29) is 0 Å². The Kier molecular flexibility index (Phi) is 5.02. The van der Waals surface area contributed by atoms with Crippen molar-refractivity contribution in [1.82, 2.24) is 4.90 Å². The standard InChI is InChI=1S/C13H17Cl2NO2/c1-4-16(5-2)13(3,12(17)18)10-7-6-9(14)8-11(10)15/h6-8H,4-5H2,1-3H3,(H,17,18). The van der Waals surface area contributed by atoms with E-state index in [2.05, 4.69) is 0 Å². The molecule has 100 valence electrons. The lowest BCUT2D eigenvalue weighted by molar-refractivity contribution is -0.151. The summed E-state index contributed by atoms with van der Waals surface area (Å²) in [6.07, 6.45) is 0. The average Bonchev–Trinajstić information content (AvgIpc) is 2.29. The van der Waals surface area contributed by atoms with E-state index in [0.717, 1.165) is 0 Å². The van der Waals surface area contributed by atoms with Crippen LogP contribution in [-0.2, 0) is 10.3 Å². The molecular weight excluding hydrogens is 273 g/mol. The molecule has 18 heavy (non-hydrogen) atoms. The highest BCUT2D eigenvalue weighted by atomic mass is 35.5. The van der Waals surface area contributed by atoms with Gasteiger partial charge in [0, 0.05) is 15.6 Å². The van der Waals surface area contributed by atoms with Gasteiger partial charge in [-0.3, -0.25) is 4.90 Å². The van der Waals surface area contributed by atoms with E-state index in [4.69, 9.17) is 23.2 Å². The second-order valence-electron chi connectivity index (χ2n) is 4.17. The maximum atomic E-state index is 11.7. The van der Waals surface area contributed by atoms with Gasteiger partial charge in [0.25, 0.3) is 0 Å². The van der Waals surface area contributed by atoms with E-state index in [0.29, 0.717) is 28.7 Å². The van der Waals surface area contributed by atoms with Gasteiger partial charge in [-0.1, -0.05) is 43.1 Å². The predicted molar refractivity (Wildman–Crippen MR) is 74.4 cm³/mol. The molecule has 0 fully saturated rings. The van der Waals surface area contributed by atoms with Crippen LogP contribution in [-0.4, -0.2) is 29.1 Å². The van der Waals surface area contributed by atoms with Crippen molar-refractivity contribution in [3.63, 3.8) is 0 Å². The lowest BCUT2D eigenvalue weighted by atomic mass is 9.90. The molecule has 0 spiro atoms. The fraction of sp³-hybridized carbons (Fsp3) is 0.462. The number of rotatable bonds is 5. The monoisotopic (exact) mass is 289 g/mol. The molecular formula is C13H17Cl2NO2. The highest BCUT2D eigenvalue weighted by Crippen LogP contribution is 2.35. The van der Waals surface area contributed by atoms with E-state index < -0.39 is 11.5 Å². The van der Waals surface area contributed by atoms with Gasteiger partial charge in [0.2, 0.25) is 0 Å². The van der Waals surface area contributed by atoms with Crippen molar-refractivity contribution < 1.29 is 9.90 Å². The van der Waals surface area contributed by atoms with Crippen molar-refractivity contribution in [2.24, 2.45) is 0 Å². The highest BCUT2D eigenvalue weighted by Gasteiger charge is 2.41. The molecule has 0 radical (unpaired) electrons. The number of aliphatic carboxylic acids is 1. The maximum absolute atomic E-state index is 11.7. The van der Waals surface area contributed by atoms with E-state index in [1.165, 1.54) is 0 Å². The molecule has 0 aromatic heterocycles. The summed E-state index contributed by atoms with van der Waals surface area (Å²) in [7, 11) is 0. The molecule has 0 bridgehead atoms.